The van der Waals surface area contributed by atoms with Gasteiger partial charge in [0.25, 0.3) is 0 Å². The fourth-order valence-electron chi connectivity index (χ4n) is 0.253. The van der Waals surface area contributed by atoms with Crippen LogP contribution in [0.25, 0.3) is 0 Å². The second-order valence-corrected chi connectivity index (χ2v) is 0.904. The van der Waals surface area contributed by atoms with Gasteiger partial charge in [-0.3, -0.25) is 0 Å². The topological polar surface area (TPSA) is 46.0 Å². The van der Waals surface area contributed by atoms with Gasteiger partial charge in [0.1, 0.15) is 16.8 Å². The molecule has 0 saturated heterocycles. The van der Waals surface area contributed by atoms with Crippen LogP contribution in [-0.4, -0.2) is 25.2 Å². The van der Waals surface area contributed by atoms with Gasteiger partial charge in [-0.05, 0) is 6.07 Å². The first-order chi connectivity index (χ1) is 4.00. The van der Waals surface area contributed by atoms with Gasteiger partial charge in [-0.25, -0.2) is 9.97 Å². The molecule has 0 spiro atoms. The van der Waals surface area contributed by atoms with E-state index in [1.165, 1.54) is 6.33 Å². The predicted octanol–water partition coefficient (Wildman–Crippen LogP) is -1.26. The summed E-state index contributed by atoms with van der Waals surface area (Å²) in [5.74, 6) is 0. The van der Waals surface area contributed by atoms with E-state index < -0.39 is 0 Å². The zero-order valence-electron chi connectivity index (χ0n) is 4.65. The molecule has 1 aromatic rings. The van der Waals surface area contributed by atoms with Crippen molar-refractivity contribution in [1.82, 2.24) is 9.97 Å². The van der Waals surface area contributed by atoms with E-state index in [1.54, 1.807) is 18.5 Å². The Bertz CT molecular complexity index is 86.0. The molecule has 0 aliphatic heterocycles. The molecule has 0 saturated carbocycles. The predicted molar refractivity (Wildman–Crippen MR) is 34.2 cm³/mol. The van der Waals surface area contributed by atoms with Crippen LogP contribution in [0, 0.1) is 0 Å². The minimum Gasteiger partial charge on any atom is -0.442 e. The molecule has 3 nitrogen and oxygen atoms in total. The van der Waals surface area contributed by atoms with Crippen LogP contribution in [0.5, 0.6) is 0 Å². The third-order valence-electron chi connectivity index (χ3n) is 0.478. The molecule has 0 aliphatic carbocycles. The first-order valence-corrected chi connectivity index (χ1v) is 3.04. The summed E-state index contributed by atoms with van der Waals surface area (Å²) in [5.41, 5.74) is 0. The molecule has 8 heavy (non-hydrogen) atoms. The van der Waals surface area contributed by atoms with Gasteiger partial charge in [-0.2, -0.15) is 0 Å². The summed E-state index contributed by atoms with van der Waals surface area (Å²) in [6.07, 6.45) is 4.88. The molecule has 1 heterocycles. The molecule has 1 rings (SSSR count). The highest BCUT2D eigenvalue weighted by Gasteiger charge is 1.59. The Morgan fingerprint density at radius 1 is 1.12 bits per heavy atom. The van der Waals surface area contributed by atoms with Crippen molar-refractivity contribution in [3.8, 4) is 0 Å². The summed E-state index contributed by atoms with van der Waals surface area (Å²) in [7, 11) is 0.306. The molecular weight excluding hydrogens is 120 g/mol. The standard InChI is InChI=1S/C4H4N2.H4OSi/c1-2-5-4-6-3-1;1-2/h1-4H;1H,2H3. The first-order valence-electron chi connectivity index (χ1n) is 2.15. The van der Waals surface area contributed by atoms with Gasteiger partial charge < -0.3 is 4.80 Å². The third kappa shape index (κ3) is 3.45. The normalized spacial score (nSPS) is 7.12. The van der Waals surface area contributed by atoms with Gasteiger partial charge >= 0.3 is 0 Å². The summed E-state index contributed by atoms with van der Waals surface area (Å²) in [5, 5.41) is 0. The molecule has 0 radical (unpaired) electrons. The minimum absolute atomic E-state index is 0.306. The number of hydrogen-bond acceptors (Lipinski definition) is 3. The Labute approximate surface area is 51.0 Å². The largest absolute Gasteiger partial charge is 0.442 e. The first kappa shape index (κ1) is 7.26. The van der Waals surface area contributed by atoms with Gasteiger partial charge in [-0.1, -0.05) is 0 Å². The molecule has 0 amide bonds. The molecule has 0 fully saturated rings. The van der Waals surface area contributed by atoms with Crippen LogP contribution < -0.4 is 0 Å². The lowest BCUT2D eigenvalue weighted by molar-refractivity contribution is 0.629. The van der Waals surface area contributed by atoms with Crippen LogP contribution in [0.1, 0.15) is 0 Å². The lowest BCUT2D eigenvalue weighted by Gasteiger charge is -1.70. The van der Waals surface area contributed by atoms with Crippen LogP contribution in [0.15, 0.2) is 24.8 Å². The van der Waals surface area contributed by atoms with E-state index in [0.717, 1.165) is 0 Å². The maximum Gasteiger partial charge on any atom is 0.141 e. The lowest BCUT2D eigenvalue weighted by atomic mass is 10.7. The highest BCUT2D eigenvalue weighted by molar-refractivity contribution is 5.95. The SMILES string of the molecule is O[SiH3].c1cncnc1. The maximum absolute atomic E-state index is 7.14. The molecule has 4 heteroatoms. The van der Waals surface area contributed by atoms with E-state index in [2.05, 4.69) is 9.97 Å². The van der Waals surface area contributed by atoms with E-state index in [-0.39, 0.29) is 0 Å². The van der Waals surface area contributed by atoms with Crippen LogP contribution in [0.2, 0.25) is 0 Å². The minimum atomic E-state index is 0.306. The Morgan fingerprint density at radius 2 is 1.62 bits per heavy atom. The van der Waals surface area contributed by atoms with Gasteiger partial charge in [0, 0.05) is 12.4 Å². The summed E-state index contributed by atoms with van der Waals surface area (Å²) in [4.78, 5) is 14.5. The van der Waals surface area contributed by atoms with Gasteiger partial charge in [0.2, 0.25) is 0 Å². The molecule has 0 unspecified atom stereocenters. The Kier molecular flexibility index (Phi) is 5.68. The molecule has 44 valence electrons. The monoisotopic (exact) mass is 128 g/mol. The van der Waals surface area contributed by atoms with Crippen molar-refractivity contribution in [3.63, 3.8) is 0 Å². The van der Waals surface area contributed by atoms with E-state index in [9.17, 15) is 0 Å². The molecule has 0 aliphatic rings. The summed E-state index contributed by atoms with van der Waals surface area (Å²) >= 11 is 0. The number of aromatic nitrogens is 2. The summed E-state index contributed by atoms with van der Waals surface area (Å²) in [6, 6.07) is 1.78. The summed E-state index contributed by atoms with van der Waals surface area (Å²) in [6.45, 7) is 0. The second kappa shape index (κ2) is 6.26. The van der Waals surface area contributed by atoms with Crippen LogP contribution in [0.3, 0.4) is 0 Å². The molecule has 1 N–H and O–H groups in total. The fraction of sp³-hybridized carbons (Fsp3) is 0. The quantitative estimate of drug-likeness (QED) is 0.443. The Morgan fingerprint density at radius 3 is 1.75 bits per heavy atom. The van der Waals surface area contributed by atoms with Crippen molar-refractivity contribution in [2.75, 3.05) is 0 Å². The van der Waals surface area contributed by atoms with Gasteiger partial charge in [0.15, 0.2) is 0 Å². The highest BCUT2D eigenvalue weighted by Crippen LogP contribution is 1.66. The summed E-state index contributed by atoms with van der Waals surface area (Å²) < 4.78 is 0. The van der Waals surface area contributed by atoms with E-state index in [4.69, 9.17) is 4.80 Å². The van der Waals surface area contributed by atoms with E-state index in [0.29, 0.717) is 10.5 Å². The smallest absolute Gasteiger partial charge is 0.141 e. The average molecular weight is 128 g/mol. The molecule has 0 atom stereocenters. The molecule has 0 aromatic carbocycles. The number of nitrogens with zero attached hydrogens (tertiary/aromatic N) is 2. The molecule has 1 aromatic heterocycles. The lowest BCUT2D eigenvalue weighted by Crippen LogP contribution is -1.66. The van der Waals surface area contributed by atoms with E-state index in [1.807, 2.05) is 0 Å². The zero-order chi connectivity index (χ0) is 6.24. The van der Waals surface area contributed by atoms with Crippen molar-refractivity contribution in [2.24, 2.45) is 0 Å². The van der Waals surface area contributed by atoms with Crippen molar-refractivity contribution >= 4 is 10.5 Å². The maximum atomic E-state index is 7.14. The van der Waals surface area contributed by atoms with Crippen molar-refractivity contribution in [1.29, 1.82) is 0 Å². The van der Waals surface area contributed by atoms with Crippen molar-refractivity contribution < 1.29 is 4.80 Å². The number of hydrogen-bond donors (Lipinski definition) is 1. The number of rotatable bonds is 0. The van der Waals surface area contributed by atoms with Gasteiger partial charge in [0.05, 0.1) is 0 Å². The fourth-order valence-corrected chi connectivity index (χ4v) is 0.253. The van der Waals surface area contributed by atoms with Crippen LogP contribution >= 0.6 is 0 Å². The van der Waals surface area contributed by atoms with Crippen LogP contribution in [0.4, 0.5) is 0 Å². The second-order valence-electron chi connectivity index (χ2n) is 0.904. The van der Waals surface area contributed by atoms with Crippen molar-refractivity contribution in [2.45, 2.75) is 0 Å². The van der Waals surface area contributed by atoms with E-state index >= 15 is 0 Å². The average Bonchev–Trinajstić information content (AvgIpc) is 1.96. The molecule has 0 bridgehead atoms. The third-order valence-corrected chi connectivity index (χ3v) is 0.478. The Balaban J connectivity index is 0.000000222. The zero-order valence-corrected chi connectivity index (χ0v) is 6.65. The van der Waals surface area contributed by atoms with Gasteiger partial charge in [-0.15, -0.1) is 0 Å². The molecular formula is C4H8N2OSi. The highest BCUT2D eigenvalue weighted by atomic mass is 28.2. The van der Waals surface area contributed by atoms with Crippen molar-refractivity contribution in [3.05, 3.63) is 24.8 Å². The Hall–Kier alpha value is -0.743. The van der Waals surface area contributed by atoms with Crippen LogP contribution in [-0.2, 0) is 0 Å².